The van der Waals surface area contributed by atoms with Gasteiger partial charge in [-0.05, 0) is 12.1 Å². The topological polar surface area (TPSA) is 87.7 Å². The summed E-state index contributed by atoms with van der Waals surface area (Å²) in [6.45, 7) is 1.97. The number of ether oxygens (including phenoxy) is 1. The zero-order valence-electron chi connectivity index (χ0n) is 18.1. The minimum absolute atomic E-state index is 0.0510. The number of hydrogen-bond acceptors (Lipinski definition) is 6. The number of hydrogen-bond donors (Lipinski definition) is 2. The molecule has 2 heterocycles. The zero-order chi connectivity index (χ0) is 23.2. The molecule has 0 radical (unpaired) electrons. The Morgan fingerprint density at radius 1 is 1.18 bits per heavy atom. The summed E-state index contributed by atoms with van der Waals surface area (Å²) in [4.78, 5) is 37.9. The van der Waals surface area contributed by atoms with Crippen molar-refractivity contribution < 1.29 is 23.5 Å². The first-order chi connectivity index (χ1) is 16.0. The first-order valence-electron chi connectivity index (χ1n) is 11.0. The molecule has 9 heteroatoms. The van der Waals surface area contributed by atoms with Crippen molar-refractivity contribution in [2.24, 2.45) is 0 Å². The summed E-state index contributed by atoms with van der Waals surface area (Å²) >= 11 is 1.71. The van der Waals surface area contributed by atoms with Gasteiger partial charge < -0.3 is 15.4 Å². The van der Waals surface area contributed by atoms with Crippen LogP contribution >= 0.6 is 11.8 Å². The summed E-state index contributed by atoms with van der Waals surface area (Å²) in [5.74, 6) is 0.194. The lowest BCUT2D eigenvalue weighted by atomic mass is 10.1. The maximum absolute atomic E-state index is 14.7. The maximum atomic E-state index is 14.7. The van der Waals surface area contributed by atoms with Gasteiger partial charge in [-0.1, -0.05) is 36.4 Å². The Kier molecular flexibility index (Phi) is 7.61. The largest absolute Gasteiger partial charge is 0.442 e. The fraction of sp³-hybridized carbons (Fsp3) is 0.375. The highest BCUT2D eigenvalue weighted by atomic mass is 32.2. The number of amides is 2. The third kappa shape index (κ3) is 5.91. The van der Waals surface area contributed by atoms with Crippen molar-refractivity contribution >= 4 is 35.2 Å². The molecule has 2 aliphatic heterocycles. The van der Waals surface area contributed by atoms with Crippen LogP contribution in [0.5, 0.6) is 0 Å². The Balaban J connectivity index is 1.26. The van der Waals surface area contributed by atoms with Gasteiger partial charge in [0.25, 0.3) is 0 Å². The molecule has 4 rings (SSSR count). The molecule has 2 N–H and O–H groups in total. The molecule has 2 saturated heterocycles. The second-order valence-corrected chi connectivity index (χ2v) is 9.29. The number of halogens is 1. The number of rotatable bonds is 8. The van der Waals surface area contributed by atoms with Crippen molar-refractivity contribution in [2.45, 2.75) is 24.2 Å². The van der Waals surface area contributed by atoms with E-state index in [1.807, 2.05) is 6.07 Å². The van der Waals surface area contributed by atoms with Gasteiger partial charge in [0, 0.05) is 48.1 Å². The Hall–Kier alpha value is -2.91. The molecule has 2 aromatic carbocycles. The van der Waals surface area contributed by atoms with E-state index in [0.29, 0.717) is 23.4 Å². The third-order valence-corrected chi connectivity index (χ3v) is 6.91. The van der Waals surface area contributed by atoms with Crippen molar-refractivity contribution in [3.05, 3.63) is 65.5 Å². The molecular formula is C24H26FN3O4S. The smallest absolute Gasteiger partial charge is 0.414 e. The Morgan fingerprint density at radius 3 is 2.73 bits per heavy atom. The van der Waals surface area contributed by atoms with Gasteiger partial charge in [-0.3, -0.25) is 14.5 Å². The Morgan fingerprint density at radius 2 is 2.00 bits per heavy atom. The molecule has 0 spiro atoms. The molecule has 0 aliphatic carbocycles. The van der Waals surface area contributed by atoms with Crippen LogP contribution in [-0.2, 0) is 9.53 Å². The number of nitrogens with one attached hydrogen (secondary N) is 2. The number of nitrogens with zero attached hydrogens (tertiary/aromatic N) is 1. The lowest BCUT2D eigenvalue weighted by Gasteiger charge is -2.24. The molecule has 2 aromatic rings. The van der Waals surface area contributed by atoms with E-state index in [0.717, 1.165) is 12.3 Å². The fourth-order valence-electron chi connectivity index (χ4n) is 3.86. The summed E-state index contributed by atoms with van der Waals surface area (Å²) in [7, 11) is 0. The minimum atomic E-state index is -0.575. The molecule has 2 atom stereocenters. The van der Waals surface area contributed by atoms with E-state index in [-0.39, 0.29) is 48.7 Å². The Labute approximate surface area is 196 Å². The van der Waals surface area contributed by atoms with Crippen molar-refractivity contribution in [1.82, 2.24) is 10.6 Å². The number of carbonyl (C=O) groups is 3. The molecule has 1 unspecified atom stereocenters. The zero-order valence-corrected chi connectivity index (χ0v) is 18.9. The molecule has 2 amide bonds. The summed E-state index contributed by atoms with van der Waals surface area (Å²) in [5, 5.41) is 6.02. The molecular weight excluding hydrogens is 445 g/mol. The number of cyclic esters (lactones) is 1. The molecule has 2 fully saturated rings. The van der Waals surface area contributed by atoms with Gasteiger partial charge in [0.1, 0.15) is 11.9 Å². The molecule has 0 aromatic heterocycles. The first-order valence-corrected chi connectivity index (χ1v) is 12.0. The van der Waals surface area contributed by atoms with Gasteiger partial charge in [-0.25, -0.2) is 9.18 Å². The summed E-state index contributed by atoms with van der Waals surface area (Å²) in [6, 6.07) is 13.6. The molecule has 33 heavy (non-hydrogen) atoms. The third-order valence-electron chi connectivity index (χ3n) is 5.65. The van der Waals surface area contributed by atoms with E-state index >= 15 is 0 Å². The number of ketones is 1. The van der Waals surface area contributed by atoms with E-state index in [1.165, 1.54) is 11.0 Å². The predicted octanol–water partition coefficient (Wildman–Crippen LogP) is 3.31. The van der Waals surface area contributed by atoms with Crippen LogP contribution in [0.1, 0.15) is 34.0 Å². The van der Waals surface area contributed by atoms with E-state index in [9.17, 15) is 18.8 Å². The molecule has 2 aliphatic rings. The average molecular weight is 472 g/mol. The quantitative estimate of drug-likeness (QED) is 0.575. The van der Waals surface area contributed by atoms with Gasteiger partial charge in [-0.15, -0.1) is 0 Å². The highest BCUT2D eigenvalue weighted by Crippen LogP contribution is 2.34. The SMILES string of the molecule is O=C(CCC(=O)c1ccccc1)NC[C@H]1CN(c2ccc(C3CNCCS3)c(F)c2)C(=O)O1. The molecule has 0 bridgehead atoms. The minimum Gasteiger partial charge on any atom is -0.442 e. The van der Waals surface area contributed by atoms with Gasteiger partial charge in [0.15, 0.2) is 5.78 Å². The molecule has 174 valence electrons. The number of anilines is 1. The van der Waals surface area contributed by atoms with E-state index in [1.54, 1.807) is 48.2 Å². The number of thioether (sulfide) groups is 1. The number of Topliss-reactive ketones (excluding diaryl/α,β-unsaturated/α-hetero) is 1. The fourth-order valence-corrected chi connectivity index (χ4v) is 5.01. The van der Waals surface area contributed by atoms with Gasteiger partial charge in [-0.2, -0.15) is 11.8 Å². The van der Waals surface area contributed by atoms with Crippen LogP contribution in [0.25, 0.3) is 0 Å². The van der Waals surface area contributed by atoms with Crippen molar-refractivity contribution in [3.63, 3.8) is 0 Å². The van der Waals surface area contributed by atoms with E-state index in [2.05, 4.69) is 10.6 Å². The average Bonchev–Trinajstić information content (AvgIpc) is 3.22. The standard InChI is InChI=1S/C24H26FN3O4S/c25-20-12-17(6-7-19(20)22-14-26-10-11-33-22)28-15-18(32-24(28)31)13-27-23(30)9-8-21(29)16-4-2-1-3-5-16/h1-7,12,18,22,26H,8-11,13-15H2,(H,27,30)/t18-,22?/m0/s1. The van der Waals surface area contributed by atoms with Crippen LogP contribution in [0, 0.1) is 5.82 Å². The van der Waals surface area contributed by atoms with Crippen LogP contribution in [0.4, 0.5) is 14.9 Å². The Bertz CT molecular complexity index is 1010. The molecule has 0 saturated carbocycles. The summed E-state index contributed by atoms with van der Waals surface area (Å²) in [5.41, 5.74) is 1.62. The van der Waals surface area contributed by atoms with Gasteiger partial charge in [0.05, 0.1) is 18.8 Å². The van der Waals surface area contributed by atoms with Crippen LogP contribution in [0.15, 0.2) is 48.5 Å². The maximum Gasteiger partial charge on any atom is 0.414 e. The van der Waals surface area contributed by atoms with Crippen molar-refractivity contribution in [2.75, 3.05) is 36.8 Å². The predicted molar refractivity (Wildman–Crippen MR) is 125 cm³/mol. The number of carbonyl (C=O) groups excluding carboxylic acids is 3. The number of benzene rings is 2. The normalized spacial score (nSPS) is 20.4. The van der Waals surface area contributed by atoms with Crippen LogP contribution in [0.2, 0.25) is 0 Å². The van der Waals surface area contributed by atoms with E-state index < -0.39 is 12.2 Å². The van der Waals surface area contributed by atoms with Crippen molar-refractivity contribution in [1.29, 1.82) is 0 Å². The summed E-state index contributed by atoms with van der Waals surface area (Å²) in [6.07, 6.45) is -0.965. The summed E-state index contributed by atoms with van der Waals surface area (Å²) < 4.78 is 20.1. The van der Waals surface area contributed by atoms with Crippen LogP contribution in [-0.4, -0.2) is 55.8 Å². The first kappa shape index (κ1) is 23.3. The lowest BCUT2D eigenvalue weighted by molar-refractivity contribution is -0.121. The highest BCUT2D eigenvalue weighted by Gasteiger charge is 2.33. The lowest BCUT2D eigenvalue weighted by Crippen LogP contribution is -2.34. The van der Waals surface area contributed by atoms with Gasteiger partial charge in [0.2, 0.25) is 5.91 Å². The molecule has 7 nitrogen and oxygen atoms in total. The van der Waals surface area contributed by atoms with Crippen LogP contribution < -0.4 is 15.5 Å². The van der Waals surface area contributed by atoms with Gasteiger partial charge >= 0.3 is 6.09 Å². The second-order valence-electron chi connectivity index (χ2n) is 7.98. The van der Waals surface area contributed by atoms with Crippen molar-refractivity contribution in [3.8, 4) is 0 Å². The van der Waals surface area contributed by atoms with E-state index in [4.69, 9.17) is 4.74 Å². The van der Waals surface area contributed by atoms with Crippen LogP contribution in [0.3, 0.4) is 0 Å². The monoisotopic (exact) mass is 471 g/mol. The second kappa shape index (κ2) is 10.8. The highest BCUT2D eigenvalue weighted by molar-refractivity contribution is 7.99.